The van der Waals surface area contributed by atoms with Gasteiger partial charge < -0.3 is 16.2 Å². The minimum absolute atomic E-state index is 0.0559. The summed E-state index contributed by atoms with van der Waals surface area (Å²) in [6.07, 6.45) is 2.67. The number of anilines is 2. The molecule has 0 aliphatic carbocycles. The van der Waals surface area contributed by atoms with Crippen molar-refractivity contribution in [1.29, 1.82) is 10.5 Å². The number of pyridine rings is 2. The highest BCUT2D eigenvalue weighted by atomic mass is 16.4. The van der Waals surface area contributed by atoms with E-state index < -0.39 is 12.0 Å². The summed E-state index contributed by atoms with van der Waals surface area (Å²) in [5.41, 5.74) is 6.51. The van der Waals surface area contributed by atoms with Gasteiger partial charge in [-0.3, -0.25) is 0 Å². The lowest BCUT2D eigenvalue weighted by Gasteiger charge is -2.12. The number of nitrogen functional groups attached to an aromatic ring is 1. The molecule has 1 atom stereocenters. The molecule has 0 saturated carbocycles. The van der Waals surface area contributed by atoms with Gasteiger partial charge in [-0.05, 0) is 13.0 Å². The van der Waals surface area contributed by atoms with Crippen molar-refractivity contribution in [3.8, 4) is 18.0 Å². The van der Waals surface area contributed by atoms with Crippen molar-refractivity contribution in [2.75, 3.05) is 11.1 Å². The van der Waals surface area contributed by atoms with E-state index in [0.717, 1.165) is 0 Å². The Morgan fingerprint density at radius 2 is 2.15 bits per heavy atom. The van der Waals surface area contributed by atoms with Gasteiger partial charge >= 0.3 is 5.97 Å². The number of nitrogens with one attached hydrogen (secondary N) is 1. The smallest absolute Gasteiger partial charge is 0.339 e. The fourth-order valence-electron chi connectivity index (χ4n) is 2.34. The summed E-state index contributed by atoms with van der Waals surface area (Å²) < 4.78 is 1.38. The standard InChI is InChI=1S/C16H12N8O2/c1-8(4-17)22-12-3-13(20-7-11(12)16(25)26)24-15-10(6-21-24)2-9(5-18)14(19)23-15/h2-3,6-8H,1H3,(H2,19,23)(H,20,22)(H,25,26)/t8-/m1/s1. The Hall–Kier alpha value is -4.18. The van der Waals surface area contributed by atoms with E-state index in [1.165, 1.54) is 23.1 Å². The number of fused-ring (bicyclic) bond motifs is 1. The van der Waals surface area contributed by atoms with Crippen LogP contribution in [0.4, 0.5) is 11.5 Å². The Kier molecular flexibility index (Phi) is 4.09. The van der Waals surface area contributed by atoms with Crippen molar-refractivity contribution in [2.45, 2.75) is 13.0 Å². The topological polar surface area (TPSA) is 167 Å². The molecule has 0 bridgehead atoms. The zero-order chi connectivity index (χ0) is 18.8. The number of rotatable bonds is 4. The maximum atomic E-state index is 11.4. The van der Waals surface area contributed by atoms with E-state index in [1.807, 2.05) is 12.1 Å². The molecule has 0 aliphatic rings. The monoisotopic (exact) mass is 348 g/mol. The molecule has 26 heavy (non-hydrogen) atoms. The highest BCUT2D eigenvalue weighted by molar-refractivity contribution is 5.94. The van der Waals surface area contributed by atoms with Crippen LogP contribution in [0.15, 0.2) is 24.5 Å². The number of hydrogen-bond donors (Lipinski definition) is 3. The molecule has 10 nitrogen and oxygen atoms in total. The molecule has 0 fully saturated rings. The van der Waals surface area contributed by atoms with Gasteiger partial charge in [0.05, 0.1) is 23.5 Å². The summed E-state index contributed by atoms with van der Waals surface area (Å²) in [6.45, 7) is 1.60. The second-order valence-electron chi connectivity index (χ2n) is 5.39. The van der Waals surface area contributed by atoms with Crippen LogP contribution in [-0.2, 0) is 0 Å². The summed E-state index contributed by atoms with van der Waals surface area (Å²) in [4.78, 5) is 19.7. The Balaban J connectivity index is 2.15. The van der Waals surface area contributed by atoms with Gasteiger partial charge in [0.15, 0.2) is 11.5 Å². The zero-order valence-electron chi connectivity index (χ0n) is 13.5. The molecule has 0 aromatic carbocycles. The lowest BCUT2D eigenvalue weighted by molar-refractivity contribution is 0.0697. The van der Waals surface area contributed by atoms with Crippen LogP contribution < -0.4 is 11.1 Å². The fourth-order valence-corrected chi connectivity index (χ4v) is 2.34. The molecule has 128 valence electrons. The molecule has 0 radical (unpaired) electrons. The Morgan fingerprint density at radius 3 is 2.81 bits per heavy atom. The summed E-state index contributed by atoms with van der Waals surface area (Å²) in [5, 5.41) is 34.9. The maximum absolute atomic E-state index is 11.4. The van der Waals surface area contributed by atoms with Crippen LogP contribution in [0.25, 0.3) is 16.9 Å². The average molecular weight is 348 g/mol. The Labute approximate surface area is 147 Å². The van der Waals surface area contributed by atoms with Gasteiger partial charge in [-0.25, -0.2) is 14.8 Å². The van der Waals surface area contributed by atoms with Crippen LogP contribution in [0, 0.1) is 22.7 Å². The van der Waals surface area contributed by atoms with Crippen LogP contribution in [0.3, 0.4) is 0 Å². The number of carbonyl (C=O) groups is 1. The van der Waals surface area contributed by atoms with E-state index >= 15 is 0 Å². The lowest BCUT2D eigenvalue weighted by Crippen LogP contribution is -2.16. The second kappa shape index (κ2) is 6.37. The van der Waals surface area contributed by atoms with Gasteiger partial charge in [0.1, 0.15) is 23.5 Å². The van der Waals surface area contributed by atoms with Gasteiger partial charge in [0.2, 0.25) is 0 Å². The maximum Gasteiger partial charge on any atom is 0.339 e. The molecule has 3 rings (SSSR count). The van der Waals surface area contributed by atoms with Crippen LogP contribution in [0.1, 0.15) is 22.8 Å². The molecular formula is C16H12N8O2. The van der Waals surface area contributed by atoms with E-state index in [9.17, 15) is 9.90 Å². The Morgan fingerprint density at radius 1 is 1.38 bits per heavy atom. The van der Waals surface area contributed by atoms with Gasteiger partial charge in [-0.1, -0.05) is 0 Å². The highest BCUT2D eigenvalue weighted by Gasteiger charge is 2.17. The van der Waals surface area contributed by atoms with Crippen LogP contribution in [0.2, 0.25) is 0 Å². The molecular weight excluding hydrogens is 336 g/mol. The quantitative estimate of drug-likeness (QED) is 0.629. The van der Waals surface area contributed by atoms with Crippen LogP contribution in [-0.4, -0.2) is 36.9 Å². The molecule has 3 aromatic rings. The summed E-state index contributed by atoms with van der Waals surface area (Å²) in [7, 11) is 0. The predicted octanol–water partition coefficient (Wildman–Crippen LogP) is 1.29. The minimum atomic E-state index is -1.18. The second-order valence-corrected chi connectivity index (χ2v) is 5.39. The van der Waals surface area contributed by atoms with Gasteiger partial charge in [0.25, 0.3) is 0 Å². The van der Waals surface area contributed by atoms with Gasteiger partial charge in [-0.15, -0.1) is 0 Å². The van der Waals surface area contributed by atoms with E-state index in [-0.39, 0.29) is 28.5 Å². The normalized spacial score (nSPS) is 11.5. The summed E-state index contributed by atoms with van der Waals surface area (Å²) in [6, 6.07) is 6.34. The molecule has 0 amide bonds. The van der Waals surface area contributed by atoms with Crippen molar-refractivity contribution in [3.63, 3.8) is 0 Å². The first-order chi connectivity index (χ1) is 12.4. The van der Waals surface area contributed by atoms with Crippen molar-refractivity contribution < 1.29 is 9.90 Å². The molecule has 0 spiro atoms. The first-order valence-corrected chi connectivity index (χ1v) is 7.38. The number of nitrogens with two attached hydrogens (primary N) is 1. The largest absolute Gasteiger partial charge is 0.478 e. The van der Waals surface area contributed by atoms with E-state index in [1.54, 1.807) is 13.0 Å². The Bertz CT molecular complexity index is 1110. The first-order valence-electron chi connectivity index (χ1n) is 7.38. The molecule has 4 N–H and O–H groups in total. The van der Waals surface area contributed by atoms with Crippen molar-refractivity contribution in [3.05, 3.63) is 35.7 Å². The van der Waals surface area contributed by atoms with E-state index in [0.29, 0.717) is 11.0 Å². The highest BCUT2D eigenvalue weighted by Crippen LogP contribution is 2.23. The number of aromatic nitrogens is 4. The number of hydrogen-bond acceptors (Lipinski definition) is 8. The third kappa shape index (κ3) is 2.83. The van der Waals surface area contributed by atoms with Crippen molar-refractivity contribution in [2.24, 2.45) is 0 Å². The number of nitrogens with zero attached hydrogens (tertiary/aromatic N) is 6. The van der Waals surface area contributed by atoms with Crippen LogP contribution >= 0.6 is 0 Å². The summed E-state index contributed by atoms with van der Waals surface area (Å²) in [5.74, 6) is -0.836. The molecule has 3 heterocycles. The van der Waals surface area contributed by atoms with Crippen LogP contribution in [0.5, 0.6) is 0 Å². The molecule has 0 unspecified atom stereocenters. The van der Waals surface area contributed by atoms with Crippen molar-refractivity contribution in [1.82, 2.24) is 19.7 Å². The third-order valence-electron chi connectivity index (χ3n) is 3.60. The van der Waals surface area contributed by atoms with Gasteiger partial charge in [-0.2, -0.15) is 20.3 Å². The van der Waals surface area contributed by atoms with E-state index in [4.69, 9.17) is 16.3 Å². The molecule has 0 aliphatic heterocycles. The molecule has 0 saturated heterocycles. The average Bonchev–Trinajstić information content (AvgIpc) is 3.03. The number of aromatic carboxylic acids is 1. The van der Waals surface area contributed by atoms with E-state index in [2.05, 4.69) is 20.4 Å². The van der Waals surface area contributed by atoms with Crippen molar-refractivity contribution >= 4 is 28.5 Å². The third-order valence-corrected chi connectivity index (χ3v) is 3.60. The SMILES string of the molecule is C[C@H](C#N)Nc1cc(-n2ncc3cc(C#N)c(N)nc32)ncc1C(=O)O. The predicted molar refractivity (Wildman–Crippen MR) is 91.4 cm³/mol. The molecule has 3 aromatic heterocycles. The zero-order valence-corrected chi connectivity index (χ0v) is 13.5. The molecule has 10 heteroatoms. The lowest BCUT2D eigenvalue weighted by atomic mass is 10.2. The first kappa shape index (κ1) is 16.7. The summed E-state index contributed by atoms with van der Waals surface area (Å²) >= 11 is 0. The number of nitriles is 2. The fraction of sp³-hybridized carbons (Fsp3) is 0.125. The van der Waals surface area contributed by atoms with Gasteiger partial charge in [0, 0.05) is 17.6 Å². The minimum Gasteiger partial charge on any atom is -0.478 e. The number of carboxylic acid groups (broad SMARTS) is 1. The number of carboxylic acids is 1.